The zero-order valence-corrected chi connectivity index (χ0v) is 21.7. The van der Waals surface area contributed by atoms with E-state index in [4.69, 9.17) is 13.9 Å². The fraction of sp³-hybridized carbons (Fsp3) is 0.276. The van der Waals surface area contributed by atoms with Crippen molar-refractivity contribution in [2.75, 3.05) is 19.5 Å². The molecule has 0 unspecified atom stereocenters. The highest BCUT2D eigenvalue weighted by molar-refractivity contribution is 5.95. The molecular weight excluding hydrogens is 468 g/mol. The summed E-state index contributed by atoms with van der Waals surface area (Å²) in [4.78, 5) is 13.3. The van der Waals surface area contributed by atoms with Gasteiger partial charge in [-0.3, -0.25) is 4.79 Å². The van der Waals surface area contributed by atoms with Crippen molar-refractivity contribution in [3.63, 3.8) is 0 Å². The second kappa shape index (κ2) is 9.61. The SMILES string of the molecule is COc1cc(OC)c2c(=O)c3cc(NCc4cn(Cc5ccc(C(C)(C)C)cc5)nn4)ccc3oc2c1. The molecule has 0 atom stereocenters. The minimum Gasteiger partial charge on any atom is -0.496 e. The molecule has 5 aromatic rings. The van der Waals surface area contributed by atoms with E-state index in [1.54, 1.807) is 31.4 Å². The van der Waals surface area contributed by atoms with Crippen LogP contribution in [0.2, 0.25) is 0 Å². The van der Waals surface area contributed by atoms with Crippen LogP contribution < -0.4 is 20.2 Å². The second-order valence-corrected chi connectivity index (χ2v) is 10.1. The molecule has 3 aromatic carbocycles. The van der Waals surface area contributed by atoms with Crippen LogP contribution in [0.25, 0.3) is 21.9 Å². The van der Waals surface area contributed by atoms with E-state index in [1.807, 2.05) is 16.9 Å². The van der Waals surface area contributed by atoms with Gasteiger partial charge in [-0.2, -0.15) is 0 Å². The van der Waals surface area contributed by atoms with Gasteiger partial charge in [0, 0.05) is 17.8 Å². The predicted octanol–water partition coefficient (Wildman–Crippen LogP) is 5.51. The number of ether oxygens (including phenoxy) is 2. The Bertz CT molecular complexity index is 1630. The smallest absolute Gasteiger partial charge is 0.204 e. The van der Waals surface area contributed by atoms with Gasteiger partial charge < -0.3 is 19.2 Å². The summed E-state index contributed by atoms with van der Waals surface area (Å²) in [7, 11) is 3.07. The van der Waals surface area contributed by atoms with Gasteiger partial charge in [-0.05, 0) is 34.7 Å². The van der Waals surface area contributed by atoms with E-state index in [-0.39, 0.29) is 10.8 Å². The summed E-state index contributed by atoms with van der Waals surface area (Å²) in [5.74, 6) is 0.966. The number of hydrogen-bond donors (Lipinski definition) is 1. The molecule has 0 aliphatic rings. The summed E-state index contributed by atoms with van der Waals surface area (Å²) < 4.78 is 18.6. The Morgan fingerprint density at radius 1 is 0.973 bits per heavy atom. The lowest BCUT2D eigenvalue weighted by Gasteiger charge is -2.19. The molecule has 0 saturated carbocycles. The van der Waals surface area contributed by atoms with Gasteiger partial charge in [-0.1, -0.05) is 50.3 Å². The number of nitrogens with one attached hydrogen (secondary N) is 1. The van der Waals surface area contributed by atoms with Gasteiger partial charge in [-0.25, -0.2) is 4.68 Å². The van der Waals surface area contributed by atoms with E-state index in [2.05, 4.69) is 60.7 Å². The predicted molar refractivity (Wildman–Crippen MR) is 145 cm³/mol. The molecular formula is C29H30N4O4. The van der Waals surface area contributed by atoms with Crippen molar-refractivity contribution < 1.29 is 13.9 Å². The van der Waals surface area contributed by atoms with Crippen molar-refractivity contribution in [2.45, 2.75) is 39.3 Å². The fourth-order valence-electron chi connectivity index (χ4n) is 4.30. The average molecular weight is 499 g/mol. The standard InChI is InChI=1S/C29H30N4O4/c1-29(2,3)19-8-6-18(7-9-19)16-33-17-21(31-32-33)15-30-20-10-11-24-23(12-20)28(34)27-25(36-5)13-22(35-4)14-26(27)37-24/h6-14,17,30H,15-16H2,1-5H3. The summed E-state index contributed by atoms with van der Waals surface area (Å²) in [5.41, 5.74) is 4.91. The molecule has 190 valence electrons. The van der Waals surface area contributed by atoms with E-state index in [0.29, 0.717) is 46.5 Å². The van der Waals surface area contributed by atoms with E-state index in [0.717, 1.165) is 11.4 Å². The third-order valence-corrected chi connectivity index (χ3v) is 6.39. The van der Waals surface area contributed by atoms with Gasteiger partial charge in [0.2, 0.25) is 5.43 Å². The Balaban J connectivity index is 1.33. The number of hydrogen-bond acceptors (Lipinski definition) is 7. The average Bonchev–Trinajstić information content (AvgIpc) is 3.34. The molecule has 0 fully saturated rings. The van der Waals surface area contributed by atoms with Crippen molar-refractivity contribution in [3.05, 3.63) is 87.8 Å². The van der Waals surface area contributed by atoms with Crippen molar-refractivity contribution >= 4 is 27.6 Å². The molecule has 8 heteroatoms. The molecule has 2 heterocycles. The number of fused-ring (bicyclic) bond motifs is 2. The van der Waals surface area contributed by atoms with Crippen molar-refractivity contribution in [3.8, 4) is 11.5 Å². The van der Waals surface area contributed by atoms with Gasteiger partial charge in [0.1, 0.15) is 33.7 Å². The first-order valence-electron chi connectivity index (χ1n) is 12.1. The molecule has 0 amide bonds. The molecule has 0 saturated heterocycles. The number of methoxy groups -OCH3 is 2. The summed E-state index contributed by atoms with van der Waals surface area (Å²) in [6.07, 6.45) is 1.92. The van der Waals surface area contributed by atoms with Gasteiger partial charge in [0.05, 0.1) is 38.9 Å². The maximum absolute atomic E-state index is 13.3. The number of anilines is 1. The molecule has 0 radical (unpaired) electrons. The van der Waals surface area contributed by atoms with Crippen LogP contribution in [-0.2, 0) is 18.5 Å². The molecule has 0 bridgehead atoms. The fourth-order valence-corrected chi connectivity index (χ4v) is 4.30. The van der Waals surface area contributed by atoms with Gasteiger partial charge >= 0.3 is 0 Å². The Morgan fingerprint density at radius 3 is 2.46 bits per heavy atom. The van der Waals surface area contributed by atoms with Crippen LogP contribution in [0.15, 0.2) is 70.0 Å². The van der Waals surface area contributed by atoms with E-state index in [1.165, 1.54) is 18.2 Å². The van der Waals surface area contributed by atoms with Crippen LogP contribution in [0.3, 0.4) is 0 Å². The minimum absolute atomic E-state index is 0.126. The molecule has 5 rings (SSSR count). The van der Waals surface area contributed by atoms with Crippen LogP contribution >= 0.6 is 0 Å². The highest BCUT2D eigenvalue weighted by Gasteiger charge is 2.15. The van der Waals surface area contributed by atoms with Gasteiger partial charge in [0.25, 0.3) is 0 Å². The van der Waals surface area contributed by atoms with Crippen molar-refractivity contribution in [1.82, 2.24) is 15.0 Å². The molecule has 0 aliphatic carbocycles. The first-order valence-corrected chi connectivity index (χ1v) is 12.1. The normalized spacial score (nSPS) is 11.7. The maximum Gasteiger partial charge on any atom is 0.204 e. The Morgan fingerprint density at radius 2 is 1.76 bits per heavy atom. The Kier molecular flexibility index (Phi) is 6.33. The van der Waals surface area contributed by atoms with Crippen LogP contribution in [0, 0.1) is 0 Å². The largest absolute Gasteiger partial charge is 0.496 e. The monoisotopic (exact) mass is 498 g/mol. The zero-order chi connectivity index (χ0) is 26.2. The van der Waals surface area contributed by atoms with E-state index < -0.39 is 0 Å². The summed E-state index contributed by atoms with van der Waals surface area (Å²) >= 11 is 0. The van der Waals surface area contributed by atoms with E-state index >= 15 is 0 Å². The minimum atomic E-state index is -0.164. The maximum atomic E-state index is 13.3. The highest BCUT2D eigenvalue weighted by atomic mass is 16.5. The van der Waals surface area contributed by atoms with Gasteiger partial charge in [0.15, 0.2) is 0 Å². The number of rotatable bonds is 7. The Labute approximate surface area is 214 Å². The van der Waals surface area contributed by atoms with Crippen LogP contribution in [0.4, 0.5) is 5.69 Å². The first kappa shape index (κ1) is 24.4. The topological polar surface area (TPSA) is 91.4 Å². The first-order chi connectivity index (χ1) is 17.7. The summed E-state index contributed by atoms with van der Waals surface area (Å²) in [6, 6.07) is 17.4. The second-order valence-electron chi connectivity index (χ2n) is 10.1. The third kappa shape index (κ3) is 5.00. The molecule has 8 nitrogen and oxygen atoms in total. The summed E-state index contributed by atoms with van der Waals surface area (Å²) in [6.45, 7) is 7.73. The van der Waals surface area contributed by atoms with Crippen molar-refractivity contribution in [2.24, 2.45) is 0 Å². The molecule has 2 aromatic heterocycles. The molecule has 0 spiro atoms. The number of nitrogens with zero attached hydrogens (tertiary/aromatic N) is 3. The lowest BCUT2D eigenvalue weighted by molar-refractivity contribution is 0.396. The molecule has 37 heavy (non-hydrogen) atoms. The number of aromatic nitrogens is 3. The van der Waals surface area contributed by atoms with Crippen LogP contribution in [0.1, 0.15) is 37.6 Å². The third-order valence-electron chi connectivity index (χ3n) is 6.39. The number of benzene rings is 3. The summed E-state index contributed by atoms with van der Waals surface area (Å²) in [5, 5.41) is 12.7. The lowest BCUT2D eigenvalue weighted by Crippen LogP contribution is -2.11. The van der Waals surface area contributed by atoms with Gasteiger partial charge in [-0.15, -0.1) is 5.10 Å². The Hall–Kier alpha value is -4.33. The van der Waals surface area contributed by atoms with Crippen LogP contribution in [0.5, 0.6) is 11.5 Å². The molecule has 0 aliphatic heterocycles. The van der Waals surface area contributed by atoms with Crippen molar-refractivity contribution in [1.29, 1.82) is 0 Å². The van der Waals surface area contributed by atoms with E-state index in [9.17, 15) is 4.79 Å². The zero-order valence-electron chi connectivity index (χ0n) is 21.7. The lowest BCUT2D eigenvalue weighted by atomic mass is 9.87. The molecule has 1 N–H and O–H groups in total. The highest BCUT2D eigenvalue weighted by Crippen LogP contribution is 2.31. The quantitative estimate of drug-likeness (QED) is 0.296. The van der Waals surface area contributed by atoms with Crippen LogP contribution in [-0.4, -0.2) is 29.2 Å².